The van der Waals surface area contributed by atoms with E-state index in [2.05, 4.69) is 20.6 Å². The highest BCUT2D eigenvalue weighted by Crippen LogP contribution is 2.21. The number of halogens is 1. The summed E-state index contributed by atoms with van der Waals surface area (Å²) >= 11 is 0. The summed E-state index contributed by atoms with van der Waals surface area (Å²) in [5, 5.41) is 6.60. The molecule has 1 saturated heterocycles. The van der Waals surface area contributed by atoms with E-state index in [0.717, 1.165) is 25.9 Å². The molecule has 8 heteroatoms. The van der Waals surface area contributed by atoms with E-state index in [4.69, 9.17) is 10.5 Å². The molecule has 4 N–H and O–H groups in total. The molecule has 0 radical (unpaired) electrons. The Labute approximate surface area is 172 Å². The lowest BCUT2D eigenvalue weighted by molar-refractivity contribution is 0.386. The highest BCUT2D eigenvalue weighted by molar-refractivity contribution is 6.01. The van der Waals surface area contributed by atoms with Gasteiger partial charge in [0, 0.05) is 30.9 Å². The Kier molecular flexibility index (Phi) is 8.10. The fraction of sp³-hybridized carbons (Fsp3) is 0.619. The van der Waals surface area contributed by atoms with E-state index >= 15 is 0 Å². The average molecular weight is 405 g/mol. The van der Waals surface area contributed by atoms with E-state index in [-0.39, 0.29) is 5.75 Å². The largest absolute Gasteiger partial charge is 0.494 e. The molecular weight excluding hydrogens is 371 g/mol. The second kappa shape index (κ2) is 11.0. The van der Waals surface area contributed by atoms with Crippen molar-refractivity contribution in [3.63, 3.8) is 0 Å². The van der Waals surface area contributed by atoms with Crippen molar-refractivity contribution < 1.29 is 9.13 Å². The molecular formula is C21H33FN6O. The van der Waals surface area contributed by atoms with Gasteiger partial charge in [0.05, 0.1) is 13.8 Å². The van der Waals surface area contributed by atoms with Gasteiger partial charge in [0.25, 0.3) is 0 Å². The van der Waals surface area contributed by atoms with Crippen LogP contribution in [0.1, 0.15) is 51.4 Å². The third kappa shape index (κ3) is 6.59. The van der Waals surface area contributed by atoms with Gasteiger partial charge < -0.3 is 20.7 Å². The Morgan fingerprint density at radius 1 is 1.17 bits per heavy atom. The monoisotopic (exact) mass is 404 g/mol. The molecule has 1 heterocycles. The topological polar surface area (TPSA) is 87.3 Å². The molecule has 29 heavy (non-hydrogen) atoms. The van der Waals surface area contributed by atoms with Crippen LogP contribution in [0.4, 0.5) is 10.1 Å². The van der Waals surface area contributed by atoms with Crippen molar-refractivity contribution in [3.8, 4) is 5.75 Å². The molecule has 2 aliphatic rings. The zero-order chi connectivity index (χ0) is 20.5. The molecule has 2 fully saturated rings. The van der Waals surface area contributed by atoms with Gasteiger partial charge in [-0.15, -0.1) is 0 Å². The van der Waals surface area contributed by atoms with E-state index in [1.165, 1.54) is 51.7 Å². The Hall–Kier alpha value is -2.35. The number of ether oxygens (including phenoxy) is 1. The molecule has 1 aromatic carbocycles. The van der Waals surface area contributed by atoms with E-state index in [1.54, 1.807) is 12.1 Å². The number of nitrogens with two attached hydrogens (primary N) is 1. The van der Waals surface area contributed by atoms with E-state index < -0.39 is 5.82 Å². The molecule has 1 aliphatic heterocycles. The van der Waals surface area contributed by atoms with Crippen molar-refractivity contribution >= 4 is 17.6 Å². The van der Waals surface area contributed by atoms with Crippen molar-refractivity contribution in [2.45, 2.75) is 57.4 Å². The van der Waals surface area contributed by atoms with Crippen molar-refractivity contribution in [2.24, 2.45) is 15.7 Å². The minimum atomic E-state index is -0.440. The second-order valence-corrected chi connectivity index (χ2v) is 7.67. The number of nitrogens with one attached hydrogen (secondary N) is 2. The number of benzene rings is 1. The number of hydrogen-bond acceptors (Lipinski definition) is 3. The predicted molar refractivity (Wildman–Crippen MR) is 116 cm³/mol. The minimum Gasteiger partial charge on any atom is -0.494 e. The van der Waals surface area contributed by atoms with Gasteiger partial charge in [-0.1, -0.05) is 25.7 Å². The van der Waals surface area contributed by atoms with Crippen molar-refractivity contribution in [1.82, 2.24) is 10.2 Å². The fourth-order valence-electron chi connectivity index (χ4n) is 3.83. The number of likely N-dealkylation sites (tertiary alicyclic amines) is 1. The minimum absolute atomic E-state index is 0.198. The first-order valence-corrected chi connectivity index (χ1v) is 10.6. The molecule has 160 valence electrons. The molecule has 0 aromatic heterocycles. The van der Waals surface area contributed by atoms with Crippen LogP contribution in [-0.2, 0) is 0 Å². The Morgan fingerprint density at radius 2 is 1.90 bits per heavy atom. The molecule has 0 atom stereocenters. The quantitative estimate of drug-likeness (QED) is 0.398. The van der Waals surface area contributed by atoms with Gasteiger partial charge in [-0.2, -0.15) is 4.99 Å². The Morgan fingerprint density at radius 3 is 2.55 bits per heavy atom. The third-order valence-corrected chi connectivity index (χ3v) is 5.52. The number of nitrogens with zero attached hydrogens (tertiary/aromatic N) is 3. The maximum atomic E-state index is 14.1. The van der Waals surface area contributed by atoms with Crippen LogP contribution < -0.4 is 21.1 Å². The smallest absolute Gasteiger partial charge is 0.227 e. The summed E-state index contributed by atoms with van der Waals surface area (Å²) in [4.78, 5) is 11.1. The van der Waals surface area contributed by atoms with Crippen LogP contribution in [0, 0.1) is 5.82 Å². The van der Waals surface area contributed by atoms with Gasteiger partial charge in [0.15, 0.2) is 17.5 Å². The van der Waals surface area contributed by atoms with Gasteiger partial charge in [0.2, 0.25) is 5.96 Å². The molecule has 3 rings (SSSR count). The lowest BCUT2D eigenvalue weighted by atomic mass is 10.1. The van der Waals surface area contributed by atoms with Crippen molar-refractivity contribution in [1.29, 1.82) is 0 Å². The number of guanidine groups is 2. The highest BCUT2D eigenvalue weighted by atomic mass is 19.1. The molecule has 0 unspecified atom stereocenters. The number of hydrogen-bond donors (Lipinski definition) is 3. The molecule has 1 aliphatic carbocycles. The van der Waals surface area contributed by atoms with Crippen LogP contribution in [0.5, 0.6) is 5.75 Å². The van der Waals surface area contributed by atoms with Gasteiger partial charge in [-0.05, 0) is 37.8 Å². The number of rotatable bonds is 5. The van der Waals surface area contributed by atoms with Crippen LogP contribution in [0.2, 0.25) is 0 Å². The predicted octanol–water partition coefficient (Wildman–Crippen LogP) is 3.28. The SMILES string of the molecule is COc1ccc(NC(=N/CNC2CCCCCC2)/N=C(\N)N2CCCC2)cc1F. The zero-order valence-corrected chi connectivity index (χ0v) is 17.3. The van der Waals surface area contributed by atoms with Crippen LogP contribution in [0.15, 0.2) is 28.2 Å². The molecule has 0 spiro atoms. The summed E-state index contributed by atoms with van der Waals surface area (Å²) < 4.78 is 19.0. The number of methoxy groups -OCH3 is 1. The van der Waals surface area contributed by atoms with Crippen molar-refractivity contribution in [2.75, 3.05) is 32.2 Å². The zero-order valence-electron chi connectivity index (χ0n) is 17.3. The van der Waals surface area contributed by atoms with E-state index in [9.17, 15) is 4.39 Å². The molecule has 1 aromatic rings. The second-order valence-electron chi connectivity index (χ2n) is 7.67. The summed E-state index contributed by atoms with van der Waals surface area (Å²) in [5.74, 6) is 0.575. The van der Waals surface area contributed by atoms with Crippen LogP contribution >= 0.6 is 0 Å². The Bertz CT molecular complexity index is 709. The van der Waals surface area contributed by atoms with Crippen LogP contribution in [-0.4, -0.2) is 49.7 Å². The van der Waals surface area contributed by atoms with Crippen LogP contribution in [0.3, 0.4) is 0 Å². The average Bonchev–Trinajstić information content (AvgIpc) is 3.13. The summed E-state index contributed by atoms with van der Waals surface area (Å²) in [5.41, 5.74) is 6.74. The summed E-state index contributed by atoms with van der Waals surface area (Å²) in [6.45, 7) is 2.25. The Balaban J connectivity index is 1.69. The molecule has 1 saturated carbocycles. The third-order valence-electron chi connectivity index (χ3n) is 5.52. The lowest BCUT2D eigenvalue weighted by Gasteiger charge is -2.17. The van der Waals surface area contributed by atoms with Crippen LogP contribution in [0.25, 0.3) is 0 Å². The number of anilines is 1. The first-order chi connectivity index (χ1) is 14.2. The summed E-state index contributed by atoms with van der Waals surface area (Å²) in [6, 6.07) is 5.17. The lowest BCUT2D eigenvalue weighted by Crippen LogP contribution is -2.36. The highest BCUT2D eigenvalue weighted by Gasteiger charge is 2.15. The first-order valence-electron chi connectivity index (χ1n) is 10.6. The molecule has 0 amide bonds. The maximum absolute atomic E-state index is 14.1. The maximum Gasteiger partial charge on any atom is 0.227 e. The van der Waals surface area contributed by atoms with Gasteiger partial charge in [0.1, 0.15) is 0 Å². The first kappa shape index (κ1) is 21.4. The van der Waals surface area contributed by atoms with Gasteiger partial charge in [-0.3, -0.25) is 5.32 Å². The van der Waals surface area contributed by atoms with Crippen molar-refractivity contribution in [3.05, 3.63) is 24.0 Å². The molecule has 7 nitrogen and oxygen atoms in total. The summed E-state index contributed by atoms with van der Waals surface area (Å²) in [6.07, 6.45) is 9.74. The fourth-order valence-corrected chi connectivity index (χ4v) is 3.83. The van der Waals surface area contributed by atoms with Gasteiger partial charge in [-0.25, -0.2) is 9.38 Å². The van der Waals surface area contributed by atoms with E-state index in [1.807, 2.05) is 4.90 Å². The van der Waals surface area contributed by atoms with E-state index in [0.29, 0.717) is 30.3 Å². The van der Waals surface area contributed by atoms with Gasteiger partial charge >= 0.3 is 0 Å². The number of aliphatic imine (C=N–C) groups is 2. The normalized spacial score (nSPS) is 19.3. The summed E-state index contributed by atoms with van der Waals surface area (Å²) in [7, 11) is 1.44. The molecule has 0 bridgehead atoms. The standard InChI is InChI=1S/C21H33FN6O/c1-29-19-11-10-17(14-18(19)22)26-21(27-20(23)28-12-6-7-13-28)25-15-24-16-8-4-2-3-5-9-16/h10-11,14,16,24H,2-9,12-13,15H2,1H3,(H3,23,25,26,27).